The Hall–Kier alpha value is -4.93. The van der Waals surface area contributed by atoms with Crippen LogP contribution in [0.5, 0.6) is 5.75 Å². The third kappa shape index (κ3) is 10.2. The Balaban J connectivity index is 1.42. The lowest BCUT2D eigenvalue weighted by atomic mass is 9.99. The zero-order valence-corrected chi connectivity index (χ0v) is 33.2. The molecule has 0 radical (unpaired) electrons. The van der Waals surface area contributed by atoms with Gasteiger partial charge in [-0.2, -0.15) is 4.99 Å². The molecule has 5 rings (SSSR count). The number of ether oxygens (including phenoxy) is 1. The van der Waals surface area contributed by atoms with Crippen LogP contribution in [0.25, 0.3) is 6.08 Å². The molecule has 0 aliphatic carbocycles. The lowest BCUT2D eigenvalue weighted by Crippen LogP contribution is -2.42. The van der Waals surface area contributed by atoms with Gasteiger partial charge in [-0.25, -0.2) is 0 Å². The zero-order chi connectivity index (χ0) is 38.6. The molecule has 3 amide bonds. The molecule has 1 heterocycles. The molecule has 0 aromatic heterocycles. The van der Waals surface area contributed by atoms with Crippen molar-refractivity contribution >= 4 is 79.9 Å². The highest BCUT2D eigenvalue weighted by molar-refractivity contribution is 9.10. The Bertz CT molecular complexity index is 2150. The molecule has 1 N–H and O–H groups in total. The topological polar surface area (TPSA) is 88.1 Å². The maximum Gasteiger partial charge on any atom is 0.285 e. The minimum Gasteiger partial charge on any atom is -0.487 e. The average Bonchev–Trinajstić information content (AvgIpc) is 3.17. The van der Waals surface area contributed by atoms with Crippen molar-refractivity contribution in [2.45, 2.75) is 26.0 Å². The minimum absolute atomic E-state index is 0.0784. The summed E-state index contributed by atoms with van der Waals surface area (Å²) < 4.78 is 6.79. The summed E-state index contributed by atoms with van der Waals surface area (Å²) in [4.78, 5) is 47.0. The van der Waals surface area contributed by atoms with Crippen LogP contribution in [-0.2, 0) is 27.4 Å². The van der Waals surface area contributed by atoms with Gasteiger partial charge in [0.2, 0.25) is 5.91 Å². The number of hydrogen-bond donors (Lipinski definition) is 1. The van der Waals surface area contributed by atoms with Crippen molar-refractivity contribution in [2.24, 2.45) is 4.99 Å². The van der Waals surface area contributed by atoms with Gasteiger partial charge < -0.3 is 10.1 Å². The number of nitrogens with zero attached hydrogens (tertiary/aromatic N) is 2. The number of carbonyl (C=O) groups excluding carboxylic acids is 3. The molecule has 1 aliphatic heterocycles. The molecule has 11 heteroatoms. The number of amidine groups is 1. The van der Waals surface area contributed by atoms with Crippen LogP contribution in [0, 0.1) is 0 Å². The third-order valence-corrected chi connectivity index (χ3v) is 10.4. The van der Waals surface area contributed by atoms with Gasteiger partial charge in [0.25, 0.3) is 11.8 Å². The quantitative estimate of drug-likeness (QED) is 0.0591. The van der Waals surface area contributed by atoms with Crippen molar-refractivity contribution in [1.82, 2.24) is 10.2 Å². The van der Waals surface area contributed by atoms with E-state index >= 15 is 0 Å². The van der Waals surface area contributed by atoms with E-state index in [1.165, 1.54) is 11.0 Å². The Morgan fingerprint density at radius 1 is 0.981 bits per heavy atom. The van der Waals surface area contributed by atoms with E-state index in [4.69, 9.17) is 27.9 Å². The number of rotatable bonds is 14. The highest BCUT2D eigenvalue weighted by Crippen LogP contribution is 2.35. The Morgan fingerprint density at radius 3 is 2.28 bits per heavy atom. The van der Waals surface area contributed by atoms with E-state index < -0.39 is 17.9 Å². The molecule has 274 valence electrons. The van der Waals surface area contributed by atoms with Crippen molar-refractivity contribution in [3.8, 4) is 5.75 Å². The molecule has 0 saturated heterocycles. The molecule has 7 nitrogen and oxygen atoms in total. The molecule has 0 atom stereocenters. The first-order valence-corrected chi connectivity index (χ1v) is 19.3. The molecular formula is C43H36BrCl2N3O4S. The van der Waals surface area contributed by atoms with E-state index in [1.807, 2.05) is 72.8 Å². The van der Waals surface area contributed by atoms with Crippen LogP contribution in [0.1, 0.15) is 40.8 Å². The summed E-state index contributed by atoms with van der Waals surface area (Å²) in [6, 6.07) is 27.8. The molecule has 4 aromatic rings. The average molecular weight is 842 g/mol. The minimum atomic E-state index is -0.727. The summed E-state index contributed by atoms with van der Waals surface area (Å²) >= 11 is 16.9. The molecular weight excluding hydrogens is 805 g/mol. The monoisotopic (exact) mass is 839 g/mol. The first-order valence-electron chi connectivity index (χ1n) is 16.8. The van der Waals surface area contributed by atoms with Gasteiger partial charge in [0, 0.05) is 5.70 Å². The summed E-state index contributed by atoms with van der Waals surface area (Å²) in [7, 11) is 0. The number of carbonyl (C=O) groups is 3. The van der Waals surface area contributed by atoms with Gasteiger partial charge >= 0.3 is 0 Å². The number of benzene rings is 4. The number of thioether (sulfide) groups is 1. The van der Waals surface area contributed by atoms with E-state index in [2.05, 4.69) is 39.4 Å². The fourth-order valence-electron chi connectivity index (χ4n) is 5.57. The maximum atomic E-state index is 14.2. The van der Waals surface area contributed by atoms with E-state index in [0.29, 0.717) is 37.9 Å². The van der Waals surface area contributed by atoms with Crippen molar-refractivity contribution < 1.29 is 19.1 Å². The van der Waals surface area contributed by atoms with Crippen molar-refractivity contribution in [1.29, 1.82) is 0 Å². The van der Waals surface area contributed by atoms with Crippen LogP contribution in [0.15, 0.2) is 155 Å². The Morgan fingerprint density at radius 2 is 1.67 bits per heavy atom. The van der Waals surface area contributed by atoms with Gasteiger partial charge in [0.05, 0.1) is 26.3 Å². The Labute approximate surface area is 337 Å². The van der Waals surface area contributed by atoms with Crippen LogP contribution >= 0.6 is 50.9 Å². The SMILES string of the molecule is C=C/C=C\C(=C/C)N1C(=O)/C(=C/c2cc(Br)c(OCc3ccc(Cl)c(Cl)c3)c(CC=C)c2)C(=O)N=C1SCC(=O)NC(c1ccccc1)c1ccccc1. The smallest absolute Gasteiger partial charge is 0.285 e. The summed E-state index contributed by atoms with van der Waals surface area (Å²) in [5, 5.41) is 4.06. The van der Waals surface area contributed by atoms with Crippen LogP contribution < -0.4 is 10.1 Å². The number of hydrogen-bond acceptors (Lipinski definition) is 5. The van der Waals surface area contributed by atoms with Crippen LogP contribution in [0.2, 0.25) is 10.0 Å². The van der Waals surface area contributed by atoms with Gasteiger partial charge in [-0.05, 0) is 93.5 Å². The standard InChI is InChI=1S/C43H36BrCl2N3O4S/c1-4-7-19-33(6-3)49-42(52)34(23-29-22-32(14-5-2)40(35(44)24-29)53-26-28-20-21-36(45)37(46)25-28)41(51)48-43(49)54-27-38(50)47-39(30-15-10-8-11-16-30)31-17-12-9-13-18-31/h4-13,15-25,39H,1-2,14,26-27H2,3H3,(H,47,50)/b19-7-,33-6+,34-23+. The lowest BCUT2D eigenvalue weighted by molar-refractivity contribution is -0.126. The first kappa shape index (κ1) is 40.3. The van der Waals surface area contributed by atoms with Crippen molar-refractivity contribution in [2.75, 3.05) is 5.75 Å². The highest BCUT2D eigenvalue weighted by atomic mass is 79.9. The fraction of sp³-hybridized carbons (Fsp3) is 0.116. The summed E-state index contributed by atoms with van der Waals surface area (Å²) in [5.74, 6) is -1.14. The second kappa shape index (κ2) is 19.4. The van der Waals surface area contributed by atoms with Crippen LogP contribution in [0.4, 0.5) is 0 Å². The molecule has 4 aromatic carbocycles. The van der Waals surface area contributed by atoms with E-state index in [0.717, 1.165) is 34.0 Å². The zero-order valence-electron chi connectivity index (χ0n) is 29.3. The van der Waals surface area contributed by atoms with Crippen LogP contribution in [-0.4, -0.2) is 33.5 Å². The van der Waals surface area contributed by atoms with Gasteiger partial charge in [-0.1, -0.05) is 133 Å². The predicted octanol–water partition coefficient (Wildman–Crippen LogP) is 10.5. The largest absolute Gasteiger partial charge is 0.487 e. The Kier molecular flexibility index (Phi) is 14.5. The van der Waals surface area contributed by atoms with E-state index in [1.54, 1.807) is 55.5 Å². The number of amides is 3. The molecule has 0 bridgehead atoms. The van der Waals surface area contributed by atoms with Gasteiger partial charge in [0.15, 0.2) is 5.17 Å². The predicted molar refractivity (Wildman–Crippen MR) is 225 cm³/mol. The molecule has 0 saturated carbocycles. The number of halogens is 3. The summed E-state index contributed by atoms with van der Waals surface area (Å²) in [5.41, 5.74) is 4.31. The van der Waals surface area contributed by atoms with E-state index in [-0.39, 0.29) is 29.0 Å². The second-order valence-corrected chi connectivity index (χ2v) is 14.4. The normalized spacial score (nSPS) is 14.1. The number of nitrogens with one attached hydrogen (secondary N) is 1. The van der Waals surface area contributed by atoms with Gasteiger partial charge in [0.1, 0.15) is 17.9 Å². The third-order valence-electron chi connectivity index (χ3n) is 8.10. The summed E-state index contributed by atoms with van der Waals surface area (Å²) in [6.45, 7) is 9.62. The molecule has 1 aliphatic rings. The molecule has 0 spiro atoms. The molecule has 0 fully saturated rings. The maximum absolute atomic E-state index is 14.2. The lowest BCUT2D eigenvalue weighted by Gasteiger charge is -2.28. The highest BCUT2D eigenvalue weighted by Gasteiger charge is 2.35. The molecule has 54 heavy (non-hydrogen) atoms. The first-order chi connectivity index (χ1) is 26.1. The van der Waals surface area contributed by atoms with Crippen LogP contribution in [0.3, 0.4) is 0 Å². The molecule has 0 unspecified atom stereocenters. The fourth-order valence-corrected chi connectivity index (χ4v) is 7.33. The second-order valence-electron chi connectivity index (χ2n) is 11.8. The summed E-state index contributed by atoms with van der Waals surface area (Å²) in [6.07, 6.45) is 10.4. The van der Waals surface area contributed by atoms with Gasteiger partial charge in [-0.15, -0.1) is 6.58 Å². The van der Waals surface area contributed by atoms with Gasteiger partial charge in [-0.3, -0.25) is 19.3 Å². The van der Waals surface area contributed by atoms with Crippen molar-refractivity contribution in [3.63, 3.8) is 0 Å². The van der Waals surface area contributed by atoms with Crippen molar-refractivity contribution in [3.05, 3.63) is 188 Å². The number of aliphatic imine (C=N–C) groups is 1. The van der Waals surface area contributed by atoms with E-state index in [9.17, 15) is 14.4 Å². The number of allylic oxidation sites excluding steroid dienone is 5.